The van der Waals surface area contributed by atoms with Gasteiger partial charge in [0, 0.05) is 24.9 Å². The number of hydrogen-bond acceptors (Lipinski definition) is 5. The van der Waals surface area contributed by atoms with Gasteiger partial charge < -0.3 is 16.4 Å². The molecule has 0 saturated heterocycles. The van der Waals surface area contributed by atoms with E-state index in [0.29, 0.717) is 23.3 Å². The molecule has 7 heteroatoms. The van der Waals surface area contributed by atoms with E-state index in [1.165, 1.54) is 19.1 Å². The van der Waals surface area contributed by atoms with Crippen molar-refractivity contribution in [1.82, 2.24) is 15.3 Å². The number of rotatable bonds is 7. The van der Waals surface area contributed by atoms with Crippen LogP contribution in [0.25, 0.3) is 10.9 Å². The first-order chi connectivity index (χ1) is 11.3. The van der Waals surface area contributed by atoms with Crippen LogP contribution in [0.4, 0.5) is 16.2 Å². The van der Waals surface area contributed by atoms with Crippen molar-refractivity contribution in [2.45, 2.75) is 45.6 Å². The van der Waals surface area contributed by atoms with Gasteiger partial charge in [0.05, 0.1) is 11.1 Å². The summed E-state index contributed by atoms with van der Waals surface area (Å²) in [6.07, 6.45) is 2.88. The number of aromatic nitrogens is 2. The fourth-order valence-corrected chi connectivity index (χ4v) is 2.58. The van der Waals surface area contributed by atoms with E-state index in [-0.39, 0.29) is 17.7 Å². The number of hydrogen-bond donors (Lipinski definition) is 3. The SMILES string of the molecule is CCCC[C@](C)(CNC(C)=O)Nc1nc(N)nc2cc(F)ccc12. The Bertz CT molecular complexity index is 731. The molecule has 24 heavy (non-hydrogen) atoms. The Hall–Kier alpha value is -2.44. The fraction of sp³-hybridized carbons (Fsp3) is 0.471. The molecule has 2 aromatic rings. The van der Waals surface area contributed by atoms with Crippen molar-refractivity contribution in [3.63, 3.8) is 0 Å². The molecule has 0 saturated carbocycles. The highest BCUT2D eigenvalue weighted by Crippen LogP contribution is 2.26. The maximum absolute atomic E-state index is 13.4. The van der Waals surface area contributed by atoms with E-state index < -0.39 is 5.54 Å². The van der Waals surface area contributed by atoms with Crippen LogP contribution < -0.4 is 16.4 Å². The number of benzene rings is 1. The molecule has 1 heterocycles. The summed E-state index contributed by atoms with van der Waals surface area (Å²) in [6, 6.07) is 4.32. The molecule has 1 amide bonds. The van der Waals surface area contributed by atoms with E-state index in [4.69, 9.17) is 5.73 Å². The monoisotopic (exact) mass is 333 g/mol. The Morgan fingerprint density at radius 1 is 1.38 bits per heavy atom. The number of fused-ring (bicyclic) bond motifs is 1. The lowest BCUT2D eigenvalue weighted by Crippen LogP contribution is -2.46. The molecule has 2 rings (SSSR count). The van der Waals surface area contributed by atoms with Gasteiger partial charge in [0.15, 0.2) is 0 Å². The first kappa shape index (κ1) is 17.9. The van der Waals surface area contributed by atoms with Crippen LogP contribution in [-0.2, 0) is 4.79 Å². The van der Waals surface area contributed by atoms with Crippen molar-refractivity contribution in [2.24, 2.45) is 0 Å². The summed E-state index contributed by atoms with van der Waals surface area (Å²) < 4.78 is 13.4. The van der Waals surface area contributed by atoms with Crippen molar-refractivity contribution < 1.29 is 9.18 Å². The van der Waals surface area contributed by atoms with Crippen LogP contribution in [0, 0.1) is 5.82 Å². The molecule has 6 nitrogen and oxygen atoms in total. The molecular weight excluding hydrogens is 309 g/mol. The molecule has 0 spiro atoms. The number of amides is 1. The molecule has 1 aromatic carbocycles. The molecule has 0 aliphatic heterocycles. The van der Waals surface area contributed by atoms with Gasteiger partial charge >= 0.3 is 0 Å². The molecular formula is C17H24FN5O. The normalized spacial score (nSPS) is 13.5. The second-order valence-electron chi connectivity index (χ2n) is 6.29. The fourth-order valence-electron chi connectivity index (χ4n) is 2.58. The van der Waals surface area contributed by atoms with Gasteiger partial charge in [-0.1, -0.05) is 19.8 Å². The Balaban J connectivity index is 2.37. The molecule has 1 aromatic heterocycles. The molecule has 4 N–H and O–H groups in total. The minimum atomic E-state index is -0.399. The third-order valence-electron chi connectivity index (χ3n) is 3.91. The molecule has 0 radical (unpaired) electrons. The highest BCUT2D eigenvalue weighted by molar-refractivity contribution is 5.90. The Morgan fingerprint density at radius 3 is 2.79 bits per heavy atom. The summed E-state index contributed by atoms with van der Waals surface area (Å²) in [7, 11) is 0. The van der Waals surface area contributed by atoms with Crippen molar-refractivity contribution >= 4 is 28.6 Å². The zero-order valence-corrected chi connectivity index (χ0v) is 14.3. The number of nitrogens with one attached hydrogen (secondary N) is 2. The molecule has 0 bridgehead atoms. The highest BCUT2D eigenvalue weighted by atomic mass is 19.1. The Labute approximate surface area is 141 Å². The van der Waals surface area contributed by atoms with E-state index in [0.717, 1.165) is 19.3 Å². The lowest BCUT2D eigenvalue weighted by molar-refractivity contribution is -0.119. The van der Waals surface area contributed by atoms with Gasteiger partial charge in [0.2, 0.25) is 11.9 Å². The van der Waals surface area contributed by atoms with Gasteiger partial charge in [0.25, 0.3) is 0 Å². The average molecular weight is 333 g/mol. The molecule has 1 atom stereocenters. The minimum Gasteiger partial charge on any atom is -0.368 e. The number of carbonyl (C=O) groups excluding carboxylic acids is 1. The number of unbranched alkanes of at least 4 members (excludes halogenated alkanes) is 1. The summed E-state index contributed by atoms with van der Waals surface area (Å²) >= 11 is 0. The second kappa shape index (κ2) is 7.42. The third-order valence-corrected chi connectivity index (χ3v) is 3.91. The number of anilines is 2. The van der Waals surface area contributed by atoms with Crippen molar-refractivity contribution in [3.05, 3.63) is 24.0 Å². The lowest BCUT2D eigenvalue weighted by Gasteiger charge is -2.32. The summed E-state index contributed by atoms with van der Waals surface area (Å²) in [4.78, 5) is 19.6. The standard InChI is InChI=1S/C17H24FN5O/c1-4-5-8-17(3,10-20-11(2)24)23-15-13-7-6-12(18)9-14(13)21-16(19)22-15/h6-7,9H,4-5,8,10H2,1-3H3,(H,20,24)(H3,19,21,22,23)/t17-/m1/s1. The van der Waals surface area contributed by atoms with Gasteiger partial charge in [-0.2, -0.15) is 4.98 Å². The van der Waals surface area contributed by atoms with Gasteiger partial charge in [0.1, 0.15) is 11.6 Å². The summed E-state index contributed by atoms with van der Waals surface area (Å²) in [5, 5.41) is 6.92. The number of nitrogens with zero attached hydrogens (tertiary/aromatic N) is 2. The minimum absolute atomic E-state index is 0.0768. The van der Waals surface area contributed by atoms with E-state index >= 15 is 0 Å². The highest BCUT2D eigenvalue weighted by Gasteiger charge is 2.25. The zero-order chi connectivity index (χ0) is 17.7. The summed E-state index contributed by atoms with van der Waals surface area (Å²) in [5.74, 6) is 0.154. The van der Waals surface area contributed by atoms with E-state index in [9.17, 15) is 9.18 Å². The predicted molar refractivity (Wildman–Crippen MR) is 94.1 cm³/mol. The largest absolute Gasteiger partial charge is 0.368 e. The number of carbonyl (C=O) groups is 1. The Morgan fingerprint density at radius 2 is 2.12 bits per heavy atom. The van der Waals surface area contributed by atoms with Crippen LogP contribution in [0.15, 0.2) is 18.2 Å². The van der Waals surface area contributed by atoms with E-state index in [1.807, 2.05) is 6.92 Å². The number of nitrogen functional groups attached to an aromatic ring is 1. The first-order valence-corrected chi connectivity index (χ1v) is 8.08. The molecule has 0 fully saturated rings. The van der Waals surface area contributed by atoms with Crippen LogP contribution >= 0.6 is 0 Å². The van der Waals surface area contributed by atoms with Gasteiger partial charge in [-0.3, -0.25) is 4.79 Å². The topological polar surface area (TPSA) is 92.9 Å². The van der Waals surface area contributed by atoms with Crippen LogP contribution in [0.3, 0.4) is 0 Å². The third kappa shape index (κ3) is 4.53. The summed E-state index contributed by atoms with van der Waals surface area (Å²) in [5.41, 5.74) is 5.81. The van der Waals surface area contributed by atoms with E-state index in [2.05, 4.69) is 27.5 Å². The smallest absolute Gasteiger partial charge is 0.222 e. The van der Waals surface area contributed by atoms with E-state index in [1.54, 1.807) is 6.07 Å². The lowest BCUT2D eigenvalue weighted by atomic mass is 9.94. The second-order valence-corrected chi connectivity index (χ2v) is 6.29. The summed E-state index contributed by atoms with van der Waals surface area (Å²) in [6.45, 7) is 6.07. The molecule has 0 unspecified atom stereocenters. The molecule has 0 aliphatic rings. The van der Waals surface area contributed by atoms with Gasteiger partial charge in [-0.15, -0.1) is 0 Å². The van der Waals surface area contributed by atoms with Crippen LogP contribution in [-0.4, -0.2) is 28.0 Å². The van der Waals surface area contributed by atoms with Crippen LogP contribution in [0.2, 0.25) is 0 Å². The van der Waals surface area contributed by atoms with Crippen molar-refractivity contribution in [2.75, 3.05) is 17.6 Å². The van der Waals surface area contributed by atoms with Crippen molar-refractivity contribution in [1.29, 1.82) is 0 Å². The zero-order valence-electron chi connectivity index (χ0n) is 14.3. The van der Waals surface area contributed by atoms with Crippen LogP contribution in [0.1, 0.15) is 40.0 Å². The average Bonchev–Trinajstić information content (AvgIpc) is 2.50. The quantitative estimate of drug-likeness (QED) is 0.724. The van der Waals surface area contributed by atoms with Gasteiger partial charge in [-0.05, 0) is 25.5 Å². The maximum atomic E-state index is 13.4. The number of halogens is 1. The Kier molecular flexibility index (Phi) is 5.54. The maximum Gasteiger partial charge on any atom is 0.222 e. The predicted octanol–water partition coefficient (Wildman–Crippen LogP) is 2.85. The molecule has 0 aliphatic carbocycles. The van der Waals surface area contributed by atoms with Gasteiger partial charge in [-0.25, -0.2) is 9.37 Å². The molecule has 130 valence electrons. The number of nitrogens with two attached hydrogens (primary N) is 1. The van der Waals surface area contributed by atoms with Crippen molar-refractivity contribution in [3.8, 4) is 0 Å². The van der Waals surface area contributed by atoms with Crippen LogP contribution in [0.5, 0.6) is 0 Å². The first-order valence-electron chi connectivity index (χ1n) is 8.08.